The highest BCUT2D eigenvalue weighted by Crippen LogP contribution is 2.34. The number of epoxide rings is 1. The quantitative estimate of drug-likeness (QED) is 0.392. The van der Waals surface area contributed by atoms with E-state index in [1.165, 1.54) is 27.8 Å². The summed E-state index contributed by atoms with van der Waals surface area (Å²) in [5.74, 6) is 0.888. The van der Waals surface area contributed by atoms with E-state index in [0.29, 0.717) is 6.61 Å². The van der Waals surface area contributed by atoms with Gasteiger partial charge < -0.3 is 9.47 Å². The summed E-state index contributed by atoms with van der Waals surface area (Å²) in [7, 11) is 0. The van der Waals surface area contributed by atoms with E-state index in [1.807, 2.05) is 0 Å². The van der Waals surface area contributed by atoms with Gasteiger partial charge in [0.05, 0.1) is 6.61 Å². The third-order valence-corrected chi connectivity index (χ3v) is 4.82. The normalized spacial score (nSPS) is 16.6. The molecular formula is C25H24O2. The van der Waals surface area contributed by atoms with Crippen LogP contribution in [0.2, 0.25) is 0 Å². The zero-order valence-electron chi connectivity index (χ0n) is 15.6. The molecule has 0 spiro atoms. The first-order chi connectivity index (χ1) is 13.3. The summed E-state index contributed by atoms with van der Waals surface area (Å²) in [4.78, 5) is 0. The van der Waals surface area contributed by atoms with E-state index in [0.717, 1.165) is 18.8 Å². The van der Waals surface area contributed by atoms with Crippen LogP contribution in [0.15, 0.2) is 84.9 Å². The van der Waals surface area contributed by atoms with Crippen LogP contribution in [0.5, 0.6) is 5.75 Å². The Morgan fingerprint density at radius 2 is 1.37 bits per heavy atom. The molecule has 0 N–H and O–H groups in total. The molecule has 1 saturated heterocycles. The van der Waals surface area contributed by atoms with Crippen molar-refractivity contribution in [1.82, 2.24) is 0 Å². The number of benzene rings is 3. The van der Waals surface area contributed by atoms with Gasteiger partial charge in [-0.15, -0.1) is 0 Å². The zero-order chi connectivity index (χ0) is 18.5. The van der Waals surface area contributed by atoms with Gasteiger partial charge in [0.1, 0.15) is 18.5 Å². The van der Waals surface area contributed by atoms with Gasteiger partial charge in [0, 0.05) is 0 Å². The average molecular weight is 356 g/mol. The molecular weight excluding hydrogens is 332 g/mol. The molecule has 0 aliphatic carbocycles. The smallest absolute Gasteiger partial charge is 0.119 e. The highest BCUT2D eigenvalue weighted by molar-refractivity contribution is 5.98. The van der Waals surface area contributed by atoms with E-state index >= 15 is 0 Å². The summed E-state index contributed by atoms with van der Waals surface area (Å²) in [5, 5.41) is 0. The van der Waals surface area contributed by atoms with Crippen molar-refractivity contribution >= 4 is 11.1 Å². The Hall–Kier alpha value is -2.84. The Balaban J connectivity index is 1.75. The standard InChI is InChI=1S/C25H24O2/c1-2-24(19-9-5-3-6-10-19)25(20-11-7-4-8-12-20)21-13-15-22(16-14-21)26-17-23-18-27-23/h3-16,23H,2,17-18H2,1H3/b25-24-. The lowest BCUT2D eigenvalue weighted by Crippen LogP contribution is -2.04. The third kappa shape index (κ3) is 4.29. The van der Waals surface area contributed by atoms with Crippen LogP contribution >= 0.6 is 0 Å². The largest absolute Gasteiger partial charge is 0.491 e. The van der Waals surface area contributed by atoms with Crippen LogP contribution in [0, 0.1) is 0 Å². The lowest BCUT2D eigenvalue weighted by molar-refractivity contribution is 0.263. The van der Waals surface area contributed by atoms with Gasteiger partial charge in [-0.05, 0) is 46.4 Å². The van der Waals surface area contributed by atoms with Crippen LogP contribution in [0.25, 0.3) is 11.1 Å². The minimum atomic E-state index is 0.272. The molecule has 0 bridgehead atoms. The van der Waals surface area contributed by atoms with Gasteiger partial charge in [-0.3, -0.25) is 0 Å². The molecule has 1 heterocycles. The van der Waals surface area contributed by atoms with Gasteiger partial charge in [-0.2, -0.15) is 0 Å². The lowest BCUT2D eigenvalue weighted by atomic mass is 9.88. The van der Waals surface area contributed by atoms with Crippen LogP contribution in [-0.4, -0.2) is 19.3 Å². The Kier molecular flexibility index (Phi) is 5.36. The molecule has 0 aromatic heterocycles. The second kappa shape index (κ2) is 8.24. The molecule has 4 rings (SSSR count). The SMILES string of the molecule is CC/C(=C(\c1ccccc1)c1ccc(OCC2CO2)cc1)c1ccccc1. The summed E-state index contributed by atoms with van der Waals surface area (Å²) in [6.45, 7) is 3.67. The topological polar surface area (TPSA) is 21.8 Å². The third-order valence-electron chi connectivity index (χ3n) is 4.82. The number of hydrogen-bond donors (Lipinski definition) is 0. The molecule has 1 fully saturated rings. The summed E-state index contributed by atoms with van der Waals surface area (Å²) < 4.78 is 11.0. The van der Waals surface area contributed by atoms with Crippen LogP contribution in [-0.2, 0) is 4.74 Å². The minimum absolute atomic E-state index is 0.272. The first kappa shape index (κ1) is 17.6. The molecule has 0 radical (unpaired) electrons. The predicted octanol–water partition coefficient (Wildman–Crippen LogP) is 5.83. The van der Waals surface area contributed by atoms with E-state index in [1.54, 1.807) is 0 Å². The number of ether oxygens (including phenoxy) is 2. The van der Waals surface area contributed by atoms with Crippen molar-refractivity contribution in [1.29, 1.82) is 0 Å². The van der Waals surface area contributed by atoms with Gasteiger partial charge in [0.15, 0.2) is 0 Å². The highest BCUT2D eigenvalue weighted by Gasteiger charge is 2.23. The Bertz CT molecular complexity index is 892. The zero-order valence-corrected chi connectivity index (χ0v) is 15.6. The van der Waals surface area contributed by atoms with E-state index in [4.69, 9.17) is 9.47 Å². The van der Waals surface area contributed by atoms with Crippen LogP contribution in [0.1, 0.15) is 30.0 Å². The van der Waals surface area contributed by atoms with Crippen molar-refractivity contribution in [3.63, 3.8) is 0 Å². The number of allylic oxidation sites excluding steroid dienone is 1. The molecule has 0 amide bonds. The van der Waals surface area contributed by atoms with Crippen molar-refractivity contribution in [2.24, 2.45) is 0 Å². The fourth-order valence-corrected chi connectivity index (χ4v) is 3.36. The molecule has 1 unspecified atom stereocenters. The Labute approximate surface area is 161 Å². The summed E-state index contributed by atoms with van der Waals surface area (Å²) in [6, 6.07) is 29.7. The fraction of sp³-hybridized carbons (Fsp3) is 0.200. The first-order valence-corrected chi connectivity index (χ1v) is 9.54. The number of rotatable bonds is 7. The van der Waals surface area contributed by atoms with Crippen molar-refractivity contribution in [2.45, 2.75) is 19.4 Å². The predicted molar refractivity (Wildman–Crippen MR) is 111 cm³/mol. The summed E-state index contributed by atoms with van der Waals surface area (Å²) in [5.41, 5.74) is 6.34. The molecule has 1 aliphatic rings. The molecule has 0 saturated carbocycles. The number of hydrogen-bond acceptors (Lipinski definition) is 2. The van der Waals surface area contributed by atoms with Crippen LogP contribution < -0.4 is 4.74 Å². The fourth-order valence-electron chi connectivity index (χ4n) is 3.36. The maximum absolute atomic E-state index is 5.80. The van der Waals surface area contributed by atoms with Crippen LogP contribution in [0.3, 0.4) is 0 Å². The first-order valence-electron chi connectivity index (χ1n) is 9.54. The molecule has 136 valence electrons. The molecule has 2 heteroatoms. The van der Waals surface area contributed by atoms with E-state index in [9.17, 15) is 0 Å². The molecule has 1 aliphatic heterocycles. The Morgan fingerprint density at radius 1 is 0.815 bits per heavy atom. The van der Waals surface area contributed by atoms with Crippen molar-refractivity contribution < 1.29 is 9.47 Å². The van der Waals surface area contributed by atoms with Crippen molar-refractivity contribution in [3.05, 3.63) is 102 Å². The van der Waals surface area contributed by atoms with Gasteiger partial charge in [0.2, 0.25) is 0 Å². The van der Waals surface area contributed by atoms with Gasteiger partial charge >= 0.3 is 0 Å². The van der Waals surface area contributed by atoms with Gasteiger partial charge in [-0.1, -0.05) is 79.7 Å². The van der Waals surface area contributed by atoms with E-state index in [2.05, 4.69) is 91.9 Å². The second-order valence-corrected chi connectivity index (χ2v) is 6.73. The van der Waals surface area contributed by atoms with Crippen LogP contribution in [0.4, 0.5) is 0 Å². The second-order valence-electron chi connectivity index (χ2n) is 6.73. The monoisotopic (exact) mass is 356 g/mol. The van der Waals surface area contributed by atoms with E-state index in [-0.39, 0.29) is 6.10 Å². The van der Waals surface area contributed by atoms with Gasteiger partial charge in [-0.25, -0.2) is 0 Å². The minimum Gasteiger partial charge on any atom is -0.491 e. The molecule has 3 aromatic rings. The summed E-state index contributed by atoms with van der Waals surface area (Å²) >= 11 is 0. The maximum Gasteiger partial charge on any atom is 0.119 e. The van der Waals surface area contributed by atoms with Crippen molar-refractivity contribution in [2.75, 3.05) is 13.2 Å². The summed E-state index contributed by atoms with van der Waals surface area (Å²) in [6.07, 6.45) is 1.24. The lowest BCUT2D eigenvalue weighted by Gasteiger charge is -2.16. The maximum atomic E-state index is 5.80. The molecule has 3 aromatic carbocycles. The Morgan fingerprint density at radius 3 is 1.93 bits per heavy atom. The average Bonchev–Trinajstić information content (AvgIpc) is 3.57. The molecule has 27 heavy (non-hydrogen) atoms. The van der Waals surface area contributed by atoms with E-state index < -0.39 is 0 Å². The van der Waals surface area contributed by atoms with Crippen molar-refractivity contribution in [3.8, 4) is 5.75 Å². The molecule has 1 atom stereocenters. The highest BCUT2D eigenvalue weighted by atomic mass is 16.6. The van der Waals surface area contributed by atoms with Gasteiger partial charge in [0.25, 0.3) is 0 Å². The molecule has 2 nitrogen and oxygen atoms in total.